The molecule has 1 aromatic carbocycles. The van der Waals surface area contributed by atoms with Gasteiger partial charge in [0.05, 0.1) is 35.3 Å². The largest absolute Gasteiger partial charge is 0.461 e. The molecule has 0 spiro atoms. The normalized spacial score (nSPS) is 25.5. The first-order valence-electron chi connectivity index (χ1n) is 15.6. The first kappa shape index (κ1) is 28.6. The fourth-order valence-electron chi connectivity index (χ4n) is 7.61. The molecule has 45 heavy (non-hydrogen) atoms. The molecule has 5 aliphatic rings. The molecule has 9 rings (SSSR count). The number of nitrogens with one attached hydrogen (secondary N) is 2. The van der Waals surface area contributed by atoms with Gasteiger partial charge in [-0.2, -0.15) is 15.1 Å². The smallest absolute Gasteiger partial charge is 0.407 e. The van der Waals surface area contributed by atoms with Crippen LogP contribution in [0.4, 0.5) is 19.4 Å². The van der Waals surface area contributed by atoms with Crippen molar-refractivity contribution in [3.8, 4) is 17.3 Å². The van der Waals surface area contributed by atoms with E-state index in [4.69, 9.17) is 26.1 Å². The topological polar surface area (TPSA) is 121 Å². The Hall–Kier alpha value is -3.84. The molecular formula is C31H33ClF2N8O3. The van der Waals surface area contributed by atoms with E-state index in [0.29, 0.717) is 84.4 Å². The molecule has 1 amide bonds. The zero-order valence-corrected chi connectivity index (χ0v) is 25.4. The number of alkyl halides is 1. The number of halogens is 3. The predicted molar refractivity (Wildman–Crippen MR) is 164 cm³/mol. The summed E-state index contributed by atoms with van der Waals surface area (Å²) in [7, 11) is 0. The lowest BCUT2D eigenvalue weighted by atomic mass is 9.95. The molecule has 3 atom stereocenters. The minimum Gasteiger partial charge on any atom is -0.461 e. The van der Waals surface area contributed by atoms with Crippen LogP contribution >= 0.6 is 11.6 Å². The summed E-state index contributed by atoms with van der Waals surface area (Å²) < 4.78 is 43.1. The zero-order chi connectivity index (χ0) is 30.7. The highest BCUT2D eigenvalue weighted by atomic mass is 35.5. The van der Waals surface area contributed by atoms with Crippen molar-refractivity contribution in [2.24, 2.45) is 0 Å². The molecule has 5 aliphatic heterocycles. The van der Waals surface area contributed by atoms with Crippen LogP contribution in [0, 0.1) is 5.82 Å². The average Bonchev–Trinajstić information content (AvgIpc) is 3.80. The Morgan fingerprint density at radius 3 is 2.98 bits per heavy atom. The molecule has 0 saturated carbocycles. The zero-order valence-electron chi connectivity index (χ0n) is 24.6. The van der Waals surface area contributed by atoms with E-state index in [0.717, 1.165) is 24.9 Å². The lowest BCUT2D eigenvalue weighted by Gasteiger charge is -2.31. The van der Waals surface area contributed by atoms with Crippen LogP contribution in [0.5, 0.6) is 6.01 Å². The maximum atomic E-state index is 16.9. The summed E-state index contributed by atoms with van der Waals surface area (Å²) in [6.07, 6.45) is 6.47. The summed E-state index contributed by atoms with van der Waals surface area (Å²) in [4.78, 5) is 30.7. The molecule has 1 unspecified atom stereocenters. The van der Waals surface area contributed by atoms with Crippen LogP contribution in [-0.4, -0.2) is 93.3 Å². The van der Waals surface area contributed by atoms with Gasteiger partial charge in [0.25, 0.3) is 0 Å². The predicted octanol–water partition coefficient (Wildman–Crippen LogP) is 4.96. The summed E-state index contributed by atoms with van der Waals surface area (Å²) >= 11 is 6.78. The number of amides is 1. The number of nitrogens with zero attached hydrogens (tertiary/aromatic N) is 6. The van der Waals surface area contributed by atoms with Crippen LogP contribution in [0.2, 0.25) is 5.02 Å². The number of rotatable bonds is 3. The molecule has 14 heteroatoms. The first-order valence-corrected chi connectivity index (χ1v) is 16.0. The van der Waals surface area contributed by atoms with E-state index < -0.39 is 23.6 Å². The van der Waals surface area contributed by atoms with Crippen molar-refractivity contribution < 1.29 is 23.0 Å². The number of hydrogen-bond donors (Lipinski definition) is 2. The number of alkyl carbamates (subject to hydrolysis) is 1. The van der Waals surface area contributed by atoms with Gasteiger partial charge in [-0.1, -0.05) is 11.6 Å². The van der Waals surface area contributed by atoms with Gasteiger partial charge in [0.1, 0.15) is 29.8 Å². The summed E-state index contributed by atoms with van der Waals surface area (Å²) in [5, 5.41) is 11.6. The molecule has 11 nitrogen and oxygen atoms in total. The summed E-state index contributed by atoms with van der Waals surface area (Å²) in [6, 6.07) is 1.62. The molecule has 2 N–H and O–H groups in total. The Balaban J connectivity index is 1.27. The number of hydrogen-bond acceptors (Lipinski definition) is 9. The molecule has 3 fully saturated rings. The van der Waals surface area contributed by atoms with E-state index in [1.165, 1.54) is 0 Å². The Morgan fingerprint density at radius 2 is 2.07 bits per heavy atom. The van der Waals surface area contributed by atoms with E-state index in [1.54, 1.807) is 18.5 Å². The molecule has 8 heterocycles. The lowest BCUT2D eigenvalue weighted by molar-refractivity contribution is 0.107. The third-order valence-electron chi connectivity index (χ3n) is 9.77. The quantitative estimate of drug-likeness (QED) is 0.321. The molecule has 3 saturated heterocycles. The lowest BCUT2D eigenvalue weighted by Crippen LogP contribution is -2.43. The van der Waals surface area contributed by atoms with Gasteiger partial charge < -0.3 is 19.7 Å². The Labute approximate surface area is 262 Å². The van der Waals surface area contributed by atoms with E-state index in [9.17, 15) is 9.18 Å². The second-order valence-electron chi connectivity index (χ2n) is 12.6. The van der Waals surface area contributed by atoms with Crippen LogP contribution in [0.3, 0.4) is 0 Å². The van der Waals surface area contributed by atoms with Gasteiger partial charge in [-0.15, -0.1) is 0 Å². The van der Waals surface area contributed by atoms with Gasteiger partial charge in [-0.05, 0) is 56.7 Å². The average molecular weight is 639 g/mol. The van der Waals surface area contributed by atoms with Crippen molar-refractivity contribution in [3.63, 3.8) is 0 Å². The second-order valence-corrected chi connectivity index (χ2v) is 13.0. The van der Waals surface area contributed by atoms with Crippen LogP contribution in [0.1, 0.15) is 44.1 Å². The Kier molecular flexibility index (Phi) is 7.12. The van der Waals surface area contributed by atoms with E-state index >= 15 is 4.39 Å². The fourth-order valence-corrected chi connectivity index (χ4v) is 7.91. The SMILES string of the molecule is O=C1N[C@@H]2CCN(C2)c2nc(OCC34CCCN3C[C@H](F)C4)nc3c(F)c(ncc23)-c2c(c(Cl)cc3[nH]ncc23)CCCCO1. The molecular weight excluding hydrogens is 606 g/mol. The van der Waals surface area contributed by atoms with Crippen LogP contribution in [0.25, 0.3) is 33.1 Å². The van der Waals surface area contributed by atoms with Gasteiger partial charge in [0.2, 0.25) is 0 Å². The molecule has 3 aromatic heterocycles. The van der Waals surface area contributed by atoms with Crippen molar-refractivity contribution in [1.29, 1.82) is 0 Å². The molecule has 236 valence electrons. The first-order chi connectivity index (χ1) is 21.9. The van der Waals surface area contributed by atoms with Crippen molar-refractivity contribution in [2.45, 2.75) is 62.7 Å². The molecule has 0 radical (unpaired) electrons. The monoisotopic (exact) mass is 638 g/mol. The number of anilines is 1. The fraction of sp³-hybridized carbons (Fsp3) is 0.516. The Bertz CT molecular complexity index is 1810. The summed E-state index contributed by atoms with van der Waals surface area (Å²) in [5.41, 5.74) is 1.68. The van der Waals surface area contributed by atoms with E-state index in [1.807, 2.05) is 4.90 Å². The number of fused-ring (bicyclic) bond motifs is 9. The summed E-state index contributed by atoms with van der Waals surface area (Å²) in [5.74, 6) is -0.153. The van der Waals surface area contributed by atoms with E-state index in [2.05, 4.69) is 30.4 Å². The summed E-state index contributed by atoms with van der Waals surface area (Å²) in [6.45, 7) is 2.69. The third kappa shape index (κ3) is 5.00. The molecule has 4 aromatic rings. The number of H-pyrrole nitrogens is 1. The van der Waals surface area contributed by atoms with Crippen molar-refractivity contribution in [3.05, 3.63) is 34.9 Å². The van der Waals surface area contributed by atoms with Crippen LogP contribution in [-0.2, 0) is 11.2 Å². The third-order valence-corrected chi connectivity index (χ3v) is 10.1. The number of aromatic nitrogens is 5. The van der Waals surface area contributed by atoms with Crippen molar-refractivity contribution >= 4 is 45.3 Å². The Morgan fingerprint density at radius 1 is 1.16 bits per heavy atom. The number of carbonyl (C=O) groups excluding carboxylic acids is 1. The van der Waals surface area contributed by atoms with Crippen LogP contribution < -0.4 is 15.0 Å². The molecule has 6 bridgehead atoms. The van der Waals surface area contributed by atoms with Gasteiger partial charge in [0, 0.05) is 48.2 Å². The minimum absolute atomic E-state index is 0.0191. The number of pyridine rings is 1. The number of aromatic amines is 1. The second kappa shape index (κ2) is 11.2. The standard InChI is InChI=1S/C31H33ClF2N8O3/c32-22-10-23-20(13-36-40-23)24-19(22)4-1-2-9-44-30(43)37-18-5-8-41(15-18)28-21-12-35-27(24)25(34)26(21)38-29(39-28)45-16-31-6-3-7-42(31)14-17(33)11-31/h10,12-13,17-18H,1-9,11,14-16H2,(H,36,40)(H,37,43)/t17-,18-,31?/m1/s1. The van der Waals surface area contributed by atoms with E-state index in [-0.39, 0.29) is 36.5 Å². The maximum Gasteiger partial charge on any atom is 0.407 e. The van der Waals surface area contributed by atoms with Gasteiger partial charge in [-0.25, -0.2) is 13.6 Å². The highest BCUT2D eigenvalue weighted by molar-refractivity contribution is 6.33. The number of ether oxygens (including phenoxy) is 2. The highest BCUT2D eigenvalue weighted by Gasteiger charge is 2.49. The highest BCUT2D eigenvalue weighted by Crippen LogP contribution is 2.42. The van der Waals surface area contributed by atoms with Crippen molar-refractivity contribution in [1.82, 2.24) is 35.4 Å². The minimum atomic E-state index is -0.906. The maximum absolute atomic E-state index is 16.9. The van der Waals surface area contributed by atoms with Crippen LogP contribution in [0.15, 0.2) is 18.5 Å². The number of benzene rings is 1. The number of carbonyl (C=O) groups is 1. The van der Waals surface area contributed by atoms with Gasteiger partial charge in [-0.3, -0.25) is 15.0 Å². The van der Waals surface area contributed by atoms with Crippen molar-refractivity contribution in [2.75, 3.05) is 44.3 Å². The van der Waals surface area contributed by atoms with Gasteiger partial charge in [0.15, 0.2) is 5.82 Å². The molecule has 0 aliphatic carbocycles. The van der Waals surface area contributed by atoms with Gasteiger partial charge >= 0.3 is 12.1 Å².